The van der Waals surface area contributed by atoms with Gasteiger partial charge in [-0.3, -0.25) is 4.79 Å². The Morgan fingerprint density at radius 1 is 1.19 bits per heavy atom. The van der Waals surface area contributed by atoms with Crippen LogP contribution in [0.15, 0.2) is 35.3 Å². The van der Waals surface area contributed by atoms with Gasteiger partial charge in [-0.1, -0.05) is 6.07 Å². The Kier molecular flexibility index (Phi) is 4.22. The van der Waals surface area contributed by atoms with Gasteiger partial charge in [0.1, 0.15) is 12.1 Å². The summed E-state index contributed by atoms with van der Waals surface area (Å²) >= 11 is 1.27. The molecule has 0 aromatic carbocycles. The average molecular weight is 296 g/mol. The molecule has 1 N–H and O–H groups in total. The fourth-order valence-corrected chi connectivity index (χ4v) is 2.58. The number of nitriles is 2. The fourth-order valence-electron chi connectivity index (χ4n) is 1.96. The molecule has 0 unspecified atom stereocenters. The normalized spacial score (nSPS) is 11.2. The lowest BCUT2D eigenvalue weighted by Crippen LogP contribution is -2.23. The van der Waals surface area contributed by atoms with E-state index in [4.69, 9.17) is 0 Å². The summed E-state index contributed by atoms with van der Waals surface area (Å²) in [6.45, 7) is 3.67. The minimum absolute atomic E-state index is 0.0571. The largest absolute Gasteiger partial charge is 0.310 e. The van der Waals surface area contributed by atoms with Gasteiger partial charge in [-0.2, -0.15) is 10.5 Å². The Morgan fingerprint density at radius 3 is 2.33 bits per heavy atom. The molecule has 2 heterocycles. The van der Waals surface area contributed by atoms with E-state index in [2.05, 4.69) is 5.32 Å². The SMILES string of the molecule is Cc1ccc(C)n1C(C#N)=C(C#N)NC(=O)c1cccs1. The Balaban J connectivity index is 2.44. The molecule has 2 aromatic rings. The second kappa shape index (κ2) is 6.08. The molecule has 0 spiro atoms. The Bertz CT molecular complexity index is 765. The van der Waals surface area contributed by atoms with Crippen LogP contribution >= 0.6 is 11.3 Å². The van der Waals surface area contributed by atoms with Crippen molar-refractivity contribution in [3.8, 4) is 12.1 Å². The zero-order valence-electron chi connectivity index (χ0n) is 11.5. The molecule has 5 nitrogen and oxygen atoms in total. The summed E-state index contributed by atoms with van der Waals surface area (Å²) in [7, 11) is 0. The molecule has 0 aliphatic rings. The van der Waals surface area contributed by atoms with Crippen molar-refractivity contribution >= 4 is 22.9 Å². The zero-order chi connectivity index (χ0) is 15.4. The third-order valence-electron chi connectivity index (χ3n) is 2.93. The molecule has 21 heavy (non-hydrogen) atoms. The van der Waals surface area contributed by atoms with E-state index in [9.17, 15) is 15.3 Å². The highest BCUT2D eigenvalue weighted by atomic mass is 32.1. The summed E-state index contributed by atoms with van der Waals surface area (Å²) in [6.07, 6.45) is 0. The number of amides is 1. The average Bonchev–Trinajstić information content (AvgIpc) is 3.11. The van der Waals surface area contributed by atoms with E-state index in [1.165, 1.54) is 11.3 Å². The number of allylic oxidation sites excluding steroid dienone is 2. The van der Waals surface area contributed by atoms with E-state index in [0.29, 0.717) is 4.88 Å². The van der Waals surface area contributed by atoms with Gasteiger partial charge in [0.25, 0.3) is 5.91 Å². The van der Waals surface area contributed by atoms with Gasteiger partial charge in [-0.05, 0) is 37.4 Å². The van der Waals surface area contributed by atoms with Crippen molar-refractivity contribution in [2.24, 2.45) is 0 Å². The molecule has 0 saturated heterocycles. The molecule has 0 saturated carbocycles. The van der Waals surface area contributed by atoms with E-state index < -0.39 is 5.91 Å². The van der Waals surface area contributed by atoms with Crippen LogP contribution in [-0.2, 0) is 0 Å². The lowest BCUT2D eigenvalue weighted by molar-refractivity contribution is 0.0971. The number of nitrogens with zero attached hydrogens (tertiary/aromatic N) is 3. The van der Waals surface area contributed by atoms with Crippen LogP contribution in [0.3, 0.4) is 0 Å². The molecule has 0 radical (unpaired) electrons. The summed E-state index contributed by atoms with van der Waals surface area (Å²) in [5.41, 5.74) is 1.70. The Labute approximate surface area is 126 Å². The predicted octanol–water partition coefficient (Wildman–Crippen LogP) is 2.81. The van der Waals surface area contributed by atoms with Gasteiger partial charge in [0.2, 0.25) is 0 Å². The van der Waals surface area contributed by atoms with Gasteiger partial charge in [-0.25, -0.2) is 0 Å². The quantitative estimate of drug-likeness (QED) is 0.884. The van der Waals surface area contributed by atoms with Crippen molar-refractivity contribution < 1.29 is 4.79 Å². The number of aromatic nitrogens is 1. The van der Waals surface area contributed by atoms with Crippen molar-refractivity contribution in [3.05, 3.63) is 51.6 Å². The number of nitrogens with one attached hydrogen (secondary N) is 1. The Morgan fingerprint density at radius 2 is 1.86 bits per heavy atom. The number of hydrogen-bond acceptors (Lipinski definition) is 4. The van der Waals surface area contributed by atoms with Gasteiger partial charge >= 0.3 is 0 Å². The standard InChI is InChI=1S/C15H12N4OS/c1-10-5-6-11(2)19(10)13(9-17)12(8-16)18-15(20)14-4-3-7-21-14/h3-7H,1-2H3,(H,18,20). The van der Waals surface area contributed by atoms with E-state index >= 15 is 0 Å². The highest BCUT2D eigenvalue weighted by Gasteiger charge is 2.16. The highest BCUT2D eigenvalue weighted by molar-refractivity contribution is 7.12. The molecule has 2 aromatic heterocycles. The molecule has 1 amide bonds. The number of carbonyl (C=O) groups is 1. The summed E-state index contributed by atoms with van der Waals surface area (Å²) < 4.78 is 1.65. The van der Waals surface area contributed by atoms with E-state index in [1.54, 1.807) is 22.1 Å². The molecule has 0 aliphatic heterocycles. The third-order valence-corrected chi connectivity index (χ3v) is 3.80. The topological polar surface area (TPSA) is 81.6 Å². The van der Waals surface area contributed by atoms with Crippen LogP contribution < -0.4 is 5.32 Å². The summed E-state index contributed by atoms with van der Waals surface area (Å²) in [5, 5.41) is 22.9. The minimum atomic E-state index is -0.392. The van der Waals surface area contributed by atoms with Crippen molar-refractivity contribution in [2.75, 3.05) is 0 Å². The number of aryl methyl sites for hydroxylation is 2. The minimum Gasteiger partial charge on any atom is -0.310 e. The predicted molar refractivity (Wildman–Crippen MR) is 80.1 cm³/mol. The molecule has 104 valence electrons. The number of carbonyl (C=O) groups excluding carboxylic acids is 1. The van der Waals surface area contributed by atoms with Gasteiger partial charge < -0.3 is 9.88 Å². The van der Waals surface area contributed by atoms with Crippen LogP contribution in [0.4, 0.5) is 0 Å². The van der Waals surface area contributed by atoms with Gasteiger partial charge in [-0.15, -0.1) is 11.3 Å². The maximum atomic E-state index is 12.0. The summed E-state index contributed by atoms with van der Waals surface area (Å²) in [4.78, 5) is 12.5. The lowest BCUT2D eigenvalue weighted by atomic mass is 10.3. The second-order valence-corrected chi connectivity index (χ2v) is 5.28. The zero-order valence-corrected chi connectivity index (χ0v) is 12.4. The maximum Gasteiger partial charge on any atom is 0.266 e. The van der Waals surface area contributed by atoms with Crippen LogP contribution in [0.2, 0.25) is 0 Å². The van der Waals surface area contributed by atoms with Crippen LogP contribution in [0, 0.1) is 36.5 Å². The highest BCUT2D eigenvalue weighted by Crippen LogP contribution is 2.17. The first-order valence-electron chi connectivity index (χ1n) is 6.13. The molecule has 0 aliphatic carbocycles. The van der Waals surface area contributed by atoms with Crippen LogP contribution in [-0.4, -0.2) is 10.5 Å². The van der Waals surface area contributed by atoms with E-state index in [-0.39, 0.29) is 11.4 Å². The van der Waals surface area contributed by atoms with Gasteiger partial charge in [0, 0.05) is 11.4 Å². The first kappa shape index (κ1) is 14.6. The van der Waals surface area contributed by atoms with Crippen molar-refractivity contribution in [3.63, 3.8) is 0 Å². The molecule has 0 bridgehead atoms. The molecule has 0 fully saturated rings. The third kappa shape index (κ3) is 2.86. The number of hydrogen-bond donors (Lipinski definition) is 1. The Hall–Kier alpha value is -2.83. The van der Waals surface area contributed by atoms with Crippen molar-refractivity contribution in [2.45, 2.75) is 13.8 Å². The smallest absolute Gasteiger partial charge is 0.266 e. The van der Waals surface area contributed by atoms with Crippen molar-refractivity contribution in [1.29, 1.82) is 10.5 Å². The molecule has 6 heteroatoms. The first-order valence-corrected chi connectivity index (χ1v) is 7.01. The molecular formula is C15H12N4OS. The van der Waals surface area contributed by atoms with E-state index in [0.717, 1.165) is 11.4 Å². The summed E-state index contributed by atoms with van der Waals surface area (Å²) in [6, 6.07) is 11.0. The molecular weight excluding hydrogens is 284 g/mol. The lowest BCUT2D eigenvalue weighted by Gasteiger charge is -2.10. The fraction of sp³-hybridized carbons (Fsp3) is 0.133. The maximum absolute atomic E-state index is 12.0. The number of thiophene rings is 1. The molecule has 2 rings (SSSR count). The van der Waals surface area contributed by atoms with Crippen LogP contribution in [0.1, 0.15) is 21.1 Å². The summed E-state index contributed by atoms with van der Waals surface area (Å²) in [5.74, 6) is -0.392. The van der Waals surface area contributed by atoms with Gasteiger partial charge in [0.05, 0.1) is 4.88 Å². The number of rotatable bonds is 3. The first-order chi connectivity index (χ1) is 10.1. The monoisotopic (exact) mass is 296 g/mol. The molecule has 0 atom stereocenters. The van der Waals surface area contributed by atoms with Crippen LogP contribution in [0.25, 0.3) is 5.70 Å². The van der Waals surface area contributed by atoms with Crippen molar-refractivity contribution in [1.82, 2.24) is 9.88 Å². The second-order valence-electron chi connectivity index (χ2n) is 4.33. The van der Waals surface area contributed by atoms with E-state index in [1.807, 2.05) is 38.1 Å². The van der Waals surface area contributed by atoms with Crippen LogP contribution in [0.5, 0.6) is 0 Å². The van der Waals surface area contributed by atoms with Gasteiger partial charge in [0.15, 0.2) is 11.4 Å².